The van der Waals surface area contributed by atoms with Gasteiger partial charge in [-0.1, -0.05) is 42.5 Å². The summed E-state index contributed by atoms with van der Waals surface area (Å²) in [6, 6.07) is 18.1. The summed E-state index contributed by atoms with van der Waals surface area (Å²) in [6.45, 7) is 0.712. The molecular weight excluding hydrogens is 262 g/mol. The molecule has 0 aromatic heterocycles. The number of aryl methyl sites for hydroxylation is 1. The number of nitrogens with one attached hydrogen (secondary N) is 1. The topological polar surface area (TPSA) is 38.3 Å². The highest BCUT2D eigenvalue weighted by molar-refractivity contribution is 5.78. The van der Waals surface area contributed by atoms with Gasteiger partial charge in [-0.15, -0.1) is 0 Å². The van der Waals surface area contributed by atoms with Gasteiger partial charge in [-0.3, -0.25) is 4.79 Å². The number of benzene rings is 2. The van der Waals surface area contributed by atoms with Gasteiger partial charge in [-0.2, -0.15) is 0 Å². The maximum atomic E-state index is 11.3. The van der Waals surface area contributed by atoms with Crippen molar-refractivity contribution in [2.75, 3.05) is 13.7 Å². The standard InChI is InChI=1S/C18H21NO2/c1-19-18(20)14-16-11-9-15(10-12-16)6-5-13-21-17-7-3-2-4-8-17/h2-4,7-12H,5-6,13-14H2,1H3,(H,19,20). The zero-order valence-corrected chi connectivity index (χ0v) is 12.3. The van der Waals surface area contributed by atoms with E-state index in [1.165, 1.54) is 5.56 Å². The van der Waals surface area contributed by atoms with Gasteiger partial charge in [-0.05, 0) is 36.1 Å². The molecule has 0 saturated heterocycles. The van der Waals surface area contributed by atoms with Gasteiger partial charge in [0.25, 0.3) is 0 Å². The van der Waals surface area contributed by atoms with Crippen LogP contribution in [-0.4, -0.2) is 19.6 Å². The molecule has 2 rings (SSSR count). The summed E-state index contributed by atoms with van der Waals surface area (Å²) in [4.78, 5) is 11.3. The fourth-order valence-corrected chi connectivity index (χ4v) is 2.08. The Bertz CT molecular complexity index is 549. The van der Waals surface area contributed by atoms with Crippen LogP contribution < -0.4 is 10.1 Å². The van der Waals surface area contributed by atoms with Gasteiger partial charge < -0.3 is 10.1 Å². The number of carbonyl (C=O) groups is 1. The van der Waals surface area contributed by atoms with Gasteiger partial charge in [0, 0.05) is 7.05 Å². The fraction of sp³-hybridized carbons (Fsp3) is 0.278. The molecule has 110 valence electrons. The average Bonchev–Trinajstić information content (AvgIpc) is 2.54. The lowest BCUT2D eigenvalue weighted by atomic mass is 10.1. The van der Waals surface area contributed by atoms with Gasteiger partial charge in [0.15, 0.2) is 0 Å². The van der Waals surface area contributed by atoms with Crippen molar-refractivity contribution >= 4 is 5.91 Å². The summed E-state index contributed by atoms with van der Waals surface area (Å²) in [7, 11) is 1.66. The van der Waals surface area contributed by atoms with Crippen molar-refractivity contribution in [2.45, 2.75) is 19.3 Å². The predicted molar refractivity (Wildman–Crippen MR) is 84.5 cm³/mol. The molecule has 0 bridgehead atoms. The predicted octanol–water partition coefficient (Wildman–Crippen LogP) is 2.99. The fourth-order valence-electron chi connectivity index (χ4n) is 2.08. The number of likely N-dealkylation sites (N-methyl/N-ethyl adjacent to an activating group) is 1. The molecule has 2 aromatic rings. The molecule has 0 heterocycles. The van der Waals surface area contributed by atoms with E-state index in [2.05, 4.69) is 17.4 Å². The van der Waals surface area contributed by atoms with Crippen LogP contribution in [0.5, 0.6) is 5.75 Å². The summed E-state index contributed by atoms with van der Waals surface area (Å²) in [5, 5.41) is 2.63. The van der Waals surface area contributed by atoms with Crippen LogP contribution in [-0.2, 0) is 17.6 Å². The van der Waals surface area contributed by atoms with E-state index in [4.69, 9.17) is 4.74 Å². The Balaban J connectivity index is 1.72. The van der Waals surface area contributed by atoms with E-state index in [0.717, 1.165) is 24.2 Å². The number of amides is 1. The van der Waals surface area contributed by atoms with Crippen molar-refractivity contribution in [3.05, 3.63) is 65.7 Å². The van der Waals surface area contributed by atoms with E-state index in [9.17, 15) is 4.79 Å². The molecule has 1 amide bonds. The van der Waals surface area contributed by atoms with Crippen LogP contribution in [0.3, 0.4) is 0 Å². The van der Waals surface area contributed by atoms with E-state index in [0.29, 0.717) is 13.0 Å². The molecule has 3 heteroatoms. The Hall–Kier alpha value is -2.29. The zero-order chi connectivity index (χ0) is 14.9. The molecule has 0 aliphatic rings. The molecule has 1 N–H and O–H groups in total. The summed E-state index contributed by atoms with van der Waals surface area (Å²) in [6.07, 6.45) is 2.39. The van der Waals surface area contributed by atoms with E-state index in [-0.39, 0.29) is 5.91 Å². The molecule has 0 fully saturated rings. The van der Waals surface area contributed by atoms with Crippen LogP contribution >= 0.6 is 0 Å². The maximum Gasteiger partial charge on any atom is 0.224 e. The average molecular weight is 283 g/mol. The normalized spacial score (nSPS) is 10.1. The molecule has 0 spiro atoms. The van der Waals surface area contributed by atoms with Crippen molar-refractivity contribution in [1.29, 1.82) is 0 Å². The van der Waals surface area contributed by atoms with Crippen molar-refractivity contribution in [3.63, 3.8) is 0 Å². The number of rotatable bonds is 7. The van der Waals surface area contributed by atoms with Crippen LogP contribution in [0.1, 0.15) is 17.5 Å². The van der Waals surface area contributed by atoms with Crippen LogP contribution in [0, 0.1) is 0 Å². The highest BCUT2D eigenvalue weighted by Gasteiger charge is 2.01. The highest BCUT2D eigenvalue weighted by Crippen LogP contribution is 2.11. The van der Waals surface area contributed by atoms with Gasteiger partial charge in [0.1, 0.15) is 5.75 Å². The molecule has 0 atom stereocenters. The minimum atomic E-state index is 0.0408. The van der Waals surface area contributed by atoms with E-state index in [1.807, 2.05) is 42.5 Å². The van der Waals surface area contributed by atoms with E-state index < -0.39 is 0 Å². The van der Waals surface area contributed by atoms with Crippen LogP contribution in [0.2, 0.25) is 0 Å². The minimum Gasteiger partial charge on any atom is -0.494 e. The Morgan fingerprint density at radius 1 is 1.00 bits per heavy atom. The first kappa shape index (κ1) is 15.1. The summed E-state index contributed by atoms with van der Waals surface area (Å²) >= 11 is 0. The Labute approximate surface area is 126 Å². The molecule has 0 aliphatic heterocycles. The summed E-state index contributed by atoms with van der Waals surface area (Å²) in [5.74, 6) is 0.956. The van der Waals surface area contributed by atoms with Gasteiger partial charge in [0.2, 0.25) is 5.91 Å². The monoisotopic (exact) mass is 283 g/mol. The largest absolute Gasteiger partial charge is 0.494 e. The van der Waals surface area contributed by atoms with Crippen molar-refractivity contribution < 1.29 is 9.53 Å². The first-order valence-corrected chi connectivity index (χ1v) is 7.24. The highest BCUT2D eigenvalue weighted by atomic mass is 16.5. The van der Waals surface area contributed by atoms with E-state index in [1.54, 1.807) is 7.05 Å². The van der Waals surface area contributed by atoms with E-state index >= 15 is 0 Å². The van der Waals surface area contributed by atoms with Gasteiger partial charge in [-0.25, -0.2) is 0 Å². The number of para-hydroxylation sites is 1. The minimum absolute atomic E-state index is 0.0408. The molecular formula is C18H21NO2. The lowest BCUT2D eigenvalue weighted by molar-refractivity contribution is -0.119. The number of hydrogen-bond donors (Lipinski definition) is 1. The Kier molecular flexibility index (Phi) is 5.83. The smallest absolute Gasteiger partial charge is 0.224 e. The molecule has 0 radical (unpaired) electrons. The van der Waals surface area contributed by atoms with Crippen LogP contribution in [0.25, 0.3) is 0 Å². The molecule has 0 unspecified atom stereocenters. The maximum absolute atomic E-state index is 11.3. The van der Waals surface area contributed by atoms with Gasteiger partial charge >= 0.3 is 0 Å². The quantitative estimate of drug-likeness (QED) is 0.793. The molecule has 0 aliphatic carbocycles. The second-order valence-corrected chi connectivity index (χ2v) is 4.93. The summed E-state index contributed by atoms with van der Waals surface area (Å²) in [5.41, 5.74) is 2.31. The first-order valence-electron chi connectivity index (χ1n) is 7.24. The Morgan fingerprint density at radius 3 is 2.33 bits per heavy atom. The molecule has 21 heavy (non-hydrogen) atoms. The molecule has 3 nitrogen and oxygen atoms in total. The Morgan fingerprint density at radius 2 is 1.67 bits per heavy atom. The van der Waals surface area contributed by atoms with Crippen molar-refractivity contribution in [1.82, 2.24) is 5.32 Å². The first-order chi connectivity index (χ1) is 10.3. The third kappa shape index (κ3) is 5.30. The molecule has 0 saturated carbocycles. The zero-order valence-electron chi connectivity index (χ0n) is 12.3. The van der Waals surface area contributed by atoms with Crippen molar-refractivity contribution in [3.8, 4) is 5.75 Å². The number of ether oxygens (including phenoxy) is 1. The van der Waals surface area contributed by atoms with Gasteiger partial charge in [0.05, 0.1) is 13.0 Å². The third-order valence-electron chi connectivity index (χ3n) is 3.29. The lowest BCUT2D eigenvalue weighted by Crippen LogP contribution is -2.19. The van der Waals surface area contributed by atoms with Crippen molar-refractivity contribution in [2.24, 2.45) is 0 Å². The second kappa shape index (κ2) is 8.10. The summed E-state index contributed by atoms with van der Waals surface area (Å²) < 4.78 is 5.67. The third-order valence-corrected chi connectivity index (χ3v) is 3.29. The number of carbonyl (C=O) groups excluding carboxylic acids is 1. The lowest BCUT2D eigenvalue weighted by Gasteiger charge is -2.06. The second-order valence-electron chi connectivity index (χ2n) is 4.93. The number of hydrogen-bond acceptors (Lipinski definition) is 2. The van der Waals surface area contributed by atoms with Crippen LogP contribution in [0.4, 0.5) is 0 Å². The molecule has 2 aromatic carbocycles. The SMILES string of the molecule is CNC(=O)Cc1ccc(CCCOc2ccccc2)cc1. The van der Waals surface area contributed by atoms with Crippen LogP contribution in [0.15, 0.2) is 54.6 Å².